The zero-order valence-electron chi connectivity index (χ0n) is 16.1. The molecule has 0 spiro atoms. The van der Waals surface area contributed by atoms with Gasteiger partial charge in [-0.05, 0) is 72.7 Å². The first kappa shape index (κ1) is 19.1. The molecule has 4 heteroatoms. The van der Waals surface area contributed by atoms with Crippen LogP contribution in [-0.2, 0) is 6.42 Å². The summed E-state index contributed by atoms with van der Waals surface area (Å²) in [6.07, 6.45) is 2.89. The minimum Gasteiger partial charge on any atom is -0.322 e. The lowest BCUT2D eigenvalue weighted by atomic mass is 9.91. The molecule has 0 saturated carbocycles. The molecule has 0 aliphatic heterocycles. The van der Waals surface area contributed by atoms with Gasteiger partial charge < -0.3 is 5.32 Å². The van der Waals surface area contributed by atoms with Gasteiger partial charge in [-0.1, -0.05) is 48.0 Å². The quantitative estimate of drug-likeness (QED) is 0.554. The highest BCUT2D eigenvalue weighted by Crippen LogP contribution is 2.36. The van der Waals surface area contributed by atoms with E-state index in [4.69, 9.17) is 0 Å². The van der Waals surface area contributed by atoms with Gasteiger partial charge in [0.1, 0.15) is 17.2 Å². The second-order valence-electron chi connectivity index (χ2n) is 7.30. The van der Waals surface area contributed by atoms with Crippen molar-refractivity contribution < 1.29 is 13.6 Å². The van der Waals surface area contributed by atoms with Gasteiger partial charge in [0.25, 0.3) is 5.91 Å². The molecule has 3 aromatic rings. The Morgan fingerprint density at radius 3 is 2.34 bits per heavy atom. The number of hydrogen-bond acceptors (Lipinski definition) is 1. The Hall–Kier alpha value is -3.27. The number of nitrogens with one attached hydrogen (secondary N) is 1. The van der Waals surface area contributed by atoms with Gasteiger partial charge in [-0.2, -0.15) is 0 Å². The maximum atomic E-state index is 13.9. The van der Waals surface area contributed by atoms with Crippen LogP contribution < -0.4 is 5.32 Å². The highest BCUT2D eigenvalue weighted by atomic mass is 19.1. The summed E-state index contributed by atoms with van der Waals surface area (Å²) in [6, 6.07) is 19.3. The summed E-state index contributed by atoms with van der Waals surface area (Å²) in [6.45, 7) is 2.16. The largest absolute Gasteiger partial charge is 0.322 e. The second kappa shape index (κ2) is 8.00. The third-order valence-electron chi connectivity index (χ3n) is 5.31. The summed E-state index contributed by atoms with van der Waals surface area (Å²) in [5.41, 5.74) is 5.94. The molecular weight excluding hydrogens is 368 g/mol. The predicted octanol–water partition coefficient (Wildman–Crippen LogP) is 6.38. The first-order valence-corrected chi connectivity index (χ1v) is 9.68. The van der Waals surface area contributed by atoms with Crippen LogP contribution in [0.15, 0.2) is 72.3 Å². The Morgan fingerprint density at radius 2 is 1.62 bits per heavy atom. The Morgan fingerprint density at radius 1 is 0.897 bits per heavy atom. The van der Waals surface area contributed by atoms with E-state index in [0.717, 1.165) is 42.5 Å². The van der Waals surface area contributed by atoms with Crippen LogP contribution in [0.25, 0.3) is 5.57 Å². The van der Waals surface area contributed by atoms with Crippen molar-refractivity contribution in [2.45, 2.75) is 26.2 Å². The first-order valence-electron chi connectivity index (χ1n) is 9.68. The van der Waals surface area contributed by atoms with E-state index in [1.54, 1.807) is 6.07 Å². The average molecular weight is 389 g/mol. The molecule has 3 aromatic carbocycles. The molecule has 0 heterocycles. The maximum Gasteiger partial charge on any atom is 0.261 e. The van der Waals surface area contributed by atoms with Crippen molar-refractivity contribution in [1.29, 1.82) is 0 Å². The minimum atomic E-state index is -0.873. The summed E-state index contributed by atoms with van der Waals surface area (Å²) >= 11 is 0. The van der Waals surface area contributed by atoms with E-state index < -0.39 is 23.1 Å². The van der Waals surface area contributed by atoms with Gasteiger partial charge in [-0.25, -0.2) is 8.78 Å². The van der Waals surface area contributed by atoms with Crippen LogP contribution in [0.1, 0.15) is 46.8 Å². The van der Waals surface area contributed by atoms with Gasteiger partial charge in [0.2, 0.25) is 0 Å². The molecule has 1 amide bonds. The number of rotatable bonds is 3. The number of carbonyl (C=O) groups excluding carboxylic acids is 1. The molecule has 0 atom stereocenters. The van der Waals surface area contributed by atoms with Crippen molar-refractivity contribution >= 4 is 17.2 Å². The van der Waals surface area contributed by atoms with Crippen molar-refractivity contribution in [3.63, 3.8) is 0 Å². The summed E-state index contributed by atoms with van der Waals surface area (Å²) < 4.78 is 27.8. The van der Waals surface area contributed by atoms with Crippen LogP contribution in [0, 0.1) is 11.6 Å². The Balaban J connectivity index is 1.69. The molecule has 0 fully saturated rings. The van der Waals surface area contributed by atoms with Gasteiger partial charge in [-0.3, -0.25) is 4.79 Å². The number of halogens is 2. The molecule has 0 saturated heterocycles. The minimum absolute atomic E-state index is 0.531. The maximum absolute atomic E-state index is 13.9. The first-order chi connectivity index (χ1) is 14.0. The highest BCUT2D eigenvalue weighted by molar-refractivity contribution is 6.04. The molecule has 0 aromatic heterocycles. The normalized spacial score (nSPS) is 13.6. The van der Waals surface area contributed by atoms with Gasteiger partial charge in [-0.15, -0.1) is 0 Å². The molecule has 2 nitrogen and oxygen atoms in total. The Bertz CT molecular complexity index is 1080. The van der Waals surface area contributed by atoms with Crippen molar-refractivity contribution in [2.75, 3.05) is 5.32 Å². The summed E-state index contributed by atoms with van der Waals surface area (Å²) in [7, 11) is 0. The number of anilines is 1. The monoisotopic (exact) mass is 389 g/mol. The van der Waals surface area contributed by atoms with E-state index in [1.807, 2.05) is 30.3 Å². The lowest BCUT2D eigenvalue weighted by Crippen LogP contribution is -2.16. The molecule has 0 radical (unpaired) electrons. The fourth-order valence-electron chi connectivity index (χ4n) is 3.94. The number of amides is 1. The van der Waals surface area contributed by atoms with Crippen LogP contribution in [0.5, 0.6) is 0 Å². The zero-order valence-corrected chi connectivity index (χ0v) is 16.1. The summed E-state index contributed by atoms with van der Waals surface area (Å²) in [5.74, 6) is -2.53. The van der Waals surface area contributed by atoms with Crippen LogP contribution >= 0.6 is 0 Å². The van der Waals surface area contributed by atoms with Gasteiger partial charge in [0.05, 0.1) is 0 Å². The molecule has 146 valence electrons. The number of benzene rings is 3. The zero-order chi connectivity index (χ0) is 20.4. The Kier molecular flexibility index (Phi) is 5.26. The van der Waals surface area contributed by atoms with Crippen LogP contribution in [0.2, 0.25) is 0 Å². The molecule has 1 N–H and O–H groups in total. The molecule has 0 bridgehead atoms. The number of aryl methyl sites for hydroxylation is 1. The van der Waals surface area contributed by atoms with Gasteiger partial charge >= 0.3 is 0 Å². The van der Waals surface area contributed by atoms with E-state index in [-0.39, 0.29) is 0 Å². The van der Waals surface area contributed by atoms with E-state index >= 15 is 0 Å². The molecule has 29 heavy (non-hydrogen) atoms. The number of carbonyl (C=O) groups is 1. The summed E-state index contributed by atoms with van der Waals surface area (Å²) in [5, 5.41) is 2.64. The molecule has 0 unspecified atom stereocenters. The second-order valence-corrected chi connectivity index (χ2v) is 7.30. The standard InChI is InChI=1S/C25H21F2NO/c1-16-7-5-10-18-15-19(28-25(29)24-21(26)11-6-12-22(24)27)13-14-20(18)23(16)17-8-3-2-4-9-17/h2-4,6,8-9,11-15H,5,7,10H2,1H3,(H,28,29). The van der Waals surface area contributed by atoms with Crippen LogP contribution in [-0.4, -0.2) is 5.91 Å². The fraction of sp³-hybridized carbons (Fsp3) is 0.160. The lowest BCUT2D eigenvalue weighted by molar-refractivity contribution is 0.101. The van der Waals surface area contributed by atoms with Crippen LogP contribution in [0.4, 0.5) is 14.5 Å². The van der Waals surface area contributed by atoms with E-state index in [1.165, 1.54) is 22.8 Å². The Labute approximate surface area is 168 Å². The fourth-order valence-corrected chi connectivity index (χ4v) is 3.94. The van der Waals surface area contributed by atoms with E-state index in [2.05, 4.69) is 24.4 Å². The van der Waals surface area contributed by atoms with E-state index in [9.17, 15) is 13.6 Å². The number of fused-ring (bicyclic) bond motifs is 1. The molecule has 4 rings (SSSR count). The molecule has 1 aliphatic rings. The number of hydrogen-bond donors (Lipinski definition) is 1. The van der Waals surface area contributed by atoms with Crippen molar-refractivity contribution in [3.05, 3.63) is 106 Å². The molecular formula is C25H21F2NO. The van der Waals surface area contributed by atoms with Crippen molar-refractivity contribution in [1.82, 2.24) is 0 Å². The highest BCUT2D eigenvalue weighted by Gasteiger charge is 2.20. The number of allylic oxidation sites excluding steroid dienone is 1. The average Bonchev–Trinajstić information content (AvgIpc) is 2.86. The summed E-state index contributed by atoms with van der Waals surface area (Å²) in [4.78, 5) is 12.4. The van der Waals surface area contributed by atoms with Crippen molar-refractivity contribution in [3.8, 4) is 0 Å². The topological polar surface area (TPSA) is 29.1 Å². The SMILES string of the molecule is CC1=C(c2ccccc2)c2ccc(NC(=O)c3c(F)cccc3F)cc2CCC1. The van der Waals surface area contributed by atoms with Crippen LogP contribution in [0.3, 0.4) is 0 Å². The van der Waals surface area contributed by atoms with Crippen molar-refractivity contribution in [2.24, 2.45) is 0 Å². The third kappa shape index (κ3) is 3.83. The van der Waals surface area contributed by atoms with Gasteiger partial charge in [0, 0.05) is 5.69 Å². The lowest BCUT2D eigenvalue weighted by Gasteiger charge is -2.15. The van der Waals surface area contributed by atoms with E-state index in [0.29, 0.717) is 5.69 Å². The molecule has 1 aliphatic carbocycles. The third-order valence-corrected chi connectivity index (χ3v) is 5.31. The predicted molar refractivity (Wildman–Crippen MR) is 112 cm³/mol. The van der Waals surface area contributed by atoms with Gasteiger partial charge in [0.15, 0.2) is 0 Å². The smallest absolute Gasteiger partial charge is 0.261 e.